The van der Waals surface area contributed by atoms with Crippen LogP contribution in [0.25, 0.3) is 0 Å². The highest BCUT2D eigenvalue weighted by Gasteiger charge is 2.40. The SMILES string of the molecule is [B]C1(c2ccc(F)cc2)CC([B])([B])N(c2cc(C)c(NC(=O)CC(C)(C)C)c(C)c2)CCO1. The number of nitrogens with one attached hydrogen (secondary N) is 1. The minimum Gasteiger partial charge on any atom is -0.381 e. The maximum Gasteiger partial charge on any atom is 0.224 e. The highest BCUT2D eigenvalue weighted by Crippen LogP contribution is 2.38. The van der Waals surface area contributed by atoms with Gasteiger partial charge in [0, 0.05) is 24.3 Å². The van der Waals surface area contributed by atoms with Crippen molar-refractivity contribution in [2.75, 3.05) is 23.4 Å². The molecular weight excluding hydrogens is 412 g/mol. The lowest BCUT2D eigenvalue weighted by atomic mass is 9.52. The lowest BCUT2D eigenvalue weighted by molar-refractivity contribution is -0.117. The molecule has 1 saturated heterocycles. The summed E-state index contributed by atoms with van der Waals surface area (Å²) in [5, 5.41) is 1.72. The fraction of sp³-hybridized carbons (Fsp3) is 0.480. The Kier molecular flexibility index (Phi) is 7.09. The molecule has 1 N–H and O–H groups in total. The zero-order chi connectivity index (χ0) is 24.6. The molecule has 2 aromatic carbocycles. The lowest BCUT2D eigenvalue weighted by Crippen LogP contribution is -2.53. The molecule has 1 unspecified atom stereocenters. The number of anilines is 2. The van der Waals surface area contributed by atoms with Gasteiger partial charge in [0.05, 0.1) is 27.8 Å². The van der Waals surface area contributed by atoms with Gasteiger partial charge in [0.2, 0.25) is 5.91 Å². The van der Waals surface area contributed by atoms with Crippen molar-refractivity contribution in [3.8, 4) is 0 Å². The maximum absolute atomic E-state index is 13.4. The van der Waals surface area contributed by atoms with Crippen LogP contribution in [0.5, 0.6) is 0 Å². The number of rotatable bonds is 4. The minimum atomic E-state index is -1.32. The lowest BCUT2D eigenvalue weighted by Gasteiger charge is -2.44. The summed E-state index contributed by atoms with van der Waals surface area (Å²) in [6.07, 6.45) is 0.515. The van der Waals surface area contributed by atoms with Gasteiger partial charge < -0.3 is 15.0 Å². The largest absolute Gasteiger partial charge is 0.381 e. The maximum atomic E-state index is 13.4. The van der Waals surface area contributed by atoms with E-state index in [-0.39, 0.29) is 30.2 Å². The molecule has 0 spiro atoms. The van der Waals surface area contributed by atoms with Crippen molar-refractivity contribution < 1.29 is 13.9 Å². The predicted molar refractivity (Wildman–Crippen MR) is 135 cm³/mol. The van der Waals surface area contributed by atoms with Gasteiger partial charge in [0.25, 0.3) is 0 Å². The summed E-state index contributed by atoms with van der Waals surface area (Å²) in [5.74, 6) is -0.381. The highest BCUT2D eigenvalue weighted by molar-refractivity contribution is 6.42. The molecule has 1 heterocycles. The van der Waals surface area contributed by atoms with Gasteiger partial charge in [-0.05, 0) is 72.0 Å². The average molecular weight is 442 g/mol. The Morgan fingerprint density at radius 1 is 1.12 bits per heavy atom. The Morgan fingerprint density at radius 2 is 1.70 bits per heavy atom. The van der Waals surface area contributed by atoms with E-state index in [4.69, 9.17) is 28.3 Å². The minimum absolute atomic E-state index is 0.0242. The highest BCUT2D eigenvalue weighted by atomic mass is 19.1. The standard InChI is InChI=1S/C25H30B3FN2O2/c1-16-12-20(13-17(2)22(16)30-21(32)14-23(3,4)5)31-10-11-33-24(26,15-25(31,27)28)18-6-8-19(29)9-7-18/h6-9,12-13H,10-11,14-15H2,1-5H3,(H,30,32). The molecule has 0 saturated carbocycles. The fourth-order valence-electron chi connectivity index (χ4n) is 4.34. The molecule has 0 bridgehead atoms. The van der Waals surface area contributed by atoms with E-state index in [1.54, 1.807) is 12.1 Å². The number of ether oxygens (including phenoxy) is 1. The molecule has 3 rings (SSSR count). The first-order chi connectivity index (χ1) is 15.2. The van der Waals surface area contributed by atoms with Gasteiger partial charge >= 0.3 is 0 Å². The summed E-state index contributed by atoms with van der Waals surface area (Å²) in [6.45, 7) is 10.7. The van der Waals surface area contributed by atoms with Gasteiger partial charge in [0.1, 0.15) is 13.7 Å². The number of aryl methyl sites for hydroxylation is 2. The van der Waals surface area contributed by atoms with E-state index >= 15 is 0 Å². The Morgan fingerprint density at radius 3 is 2.24 bits per heavy atom. The van der Waals surface area contributed by atoms with Crippen LogP contribution in [-0.2, 0) is 15.0 Å². The Balaban J connectivity index is 1.87. The van der Waals surface area contributed by atoms with Crippen LogP contribution in [0, 0.1) is 25.1 Å². The van der Waals surface area contributed by atoms with Gasteiger partial charge in [-0.2, -0.15) is 0 Å². The second kappa shape index (κ2) is 9.21. The molecule has 1 aliphatic heterocycles. The first-order valence-corrected chi connectivity index (χ1v) is 11.2. The molecule has 6 radical (unpaired) electrons. The van der Waals surface area contributed by atoms with Gasteiger partial charge in [-0.1, -0.05) is 32.9 Å². The zero-order valence-electron chi connectivity index (χ0n) is 20.2. The van der Waals surface area contributed by atoms with Gasteiger partial charge in [-0.15, -0.1) is 0 Å². The summed E-state index contributed by atoms with van der Waals surface area (Å²) >= 11 is 0. The van der Waals surface area contributed by atoms with Crippen LogP contribution in [0.4, 0.5) is 15.8 Å². The van der Waals surface area contributed by atoms with Crippen molar-refractivity contribution in [2.45, 2.75) is 58.3 Å². The van der Waals surface area contributed by atoms with Crippen molar-refractivity contribution in [3.63, 3.8) is 0 Å². The molecule has 1 aliphatic rings. The summed E-state index contributed by atoms with van der Waals surface area (Å²) in [5.41, 5.74) is 2.67. The number of hydrogen-bond acceptors (Lipinski definition) is 3. The predicted octanol–water partition coefficient (Wildman–Crippen LogP) is 4.06. The second-order valence-electron chi connectivity index (χ2n) is 10.3. The van der Waals surface area contributed by atoms with E-state index < -0.39 is 10.8 Å². The van der Waals surface area contributed by atoms with Gasteiger partial charge in [-0.25, -0.2) is 4.39 Å². The molecule has 168 valence electrons. The van der Waals surface area contributed by atoms with Crippen molar-refractivity contribution in [2.24, 2.45) is 5.41 Å². The van der Waals surface area contributed by atoms with E-state index in [2.05, 4.69) is 5.32 Å². The number of hydrogen-bond donors (Lipinski definition) is 1. The van der Waals surface area contributed by atoms with E-state index in [0.717, 1.165) is 22.5 Å². The molecule has 1 fully saturated rings. The van der Waals surface area contributed by atoms with Crippen molar-refractivity contribution in [1.82, 2.24) is 0 Å². The van der Waals surface area contributed by atoms with E-state index in [0.29, 0.717) is 18.5 Å². The third kappa shape index (κ3) is 6.03. The third-order valence-electron chi connectivity index (χ3n) is 5.84. The van der Waals surface area contributed by atoms with Gasteiger partial charge in [-0.3, -0.25) is 4.79 Å². The number of carbonyl (C=O) groups excluding carboxylic acids is 1. The topological polar surface area (TPSA) is 41.6 Å². The van der Waals surface area contributed by atoms with Crippen molar-refractivity contribution in [3.05, 3.63) is 58.9 Å². The van der Waals surface area contributed by atoms with Crippen LogP contribution in [0.2, 0.25) is 0 Å². The smallest absolute Gasteiger partial charge is 0.224 e. The van der Waals surface area contributed by atoms with Crippen molar-refractivity contribution in [1.29, 1.82) is 0 Å². The molecule has 8 heteroatoms. The monoisotopic (exact) mass is 442 g/mol. The average Bonchev–Trinajstić information content (AvgIpc) is 2.78. The molecule has 0 aromatic heterocycles. The van der Waals surface area contributed by atoms with Crippen LogP contribution in [0.3, 0.4) is 0 Å². The number of halogens is 1. The van der Waals surface area contributed by atoms with Crippen LogP contribution in [0.1, 0.15) is 50.3 Å². The number of benzene rings is 2. The van der Waals surface area contributed by atoms with Crippen LogP contribution >= 0.6 is 0 Å². The second-order valence-corrected chi connectivity index (χ2v) is 10.3. The Bertz CT molecular complexity index is 998. The van der Waals surface area contributed by atoms with Crippen LogP contribution in [0.15, 0.2) is 36.4 Å². The number of amides is 1. The number of carbonyl (C=O) groups is 1. The molecule has 0 aliphatic carbocycles. The first kappa shape index (κ1) is 25.4. The van der Waals surface area contributed by atoms with E-state index in [1.807, 2.05) is 51.7 Å². The zero-order valence-corrected chi connectivity index (χ0v) is 20.2. The van der Waals surface area contributed by atoms with Gasteiger partial charge in [0.15, 0.2) is 0 Å². The van der Waals surface area contributed by atoms with Crippen molar-refractivity contribution >= 4 is 40.8 Å². The molecular formula is C25H30B3FN2O2. The molecule has 1 amide bonds. The van der Waals surface area contributed by atoms with Crippen LogP contribution < -0.4 is 10.2 Å². The Hall–Kier alpha value is -2.21. The third-order valence-corrected chi connectivity index (χ3v) is 5.84. The Labute approximate surface area is 200 Å². The fourth-order valence-corrected chi connectivity index (χ4v) is 4.34. The molecule has 33 heavy (non-hydrogen) atoms. The summed E-state index contributed by atoms with van der Waals surface area (Å²) < 4.78 is 19.4. The number of nitrogens with zero attached hydrogens (tertiary/aromatic N) is 1. The molecule has 4 nitrogen and oxygen atoms in total. The quantitative estimate of drug-likeness (QED) is 0.727. The summed E-state index contributed by atoms with van der Waals surface area (Å²) in [6, 6.07) is 9.76. The van der Waals surface area contributed by atoms with E-state index in [9.17, 15) is 9.18 Å². The molecule has 2 aromatic rings. The first-order valence-electron chi connectivity index (χ1n) is 11.2. The normalized spacial score (nSPS) is 20.8. The van der Waals surface area contributed by atoms with Crippen LogP contribution in [-0.4, -0.2) is 47.9 Å². The van der Waals surface area contributed by atoms with E-state index in [1.165, 1.54) is 12.1 Å². The molecule has 1 atom stereocenters. The summed E-state index contributed by atoms with van der Waals surface area (Å²) in [7, 11) is 19.7. The summed E-state index contributed by atoms with van der Waals surface area (Å²) in [4.78, 5) is 14.3.